The molecule has 0 radical (unpaired) electrons. The van der Waals surface area contributed by atoms with Crippen molar-refractivity contribution in [2.75, 3.05) is 0 Å². The number of ether oxygens (including phenoxy) is 1. The smallest absolute Gasteiger partial charge is 0.222 e. The number of aryl methyl sites for hydroxylation is 1. The third-order valence-corrected chi connectivity index (χ3v) is 3.70. The summed E-state index contributed by atoms with van der Waals surface area (Å²) in [4.78, 5) is 11.2. The van der Waals surface area contributed by atoms with E-state index in [0.29, 0.717) is 19.6 Å². The molecule has 0 saturated carbocycles. The number of hydrogen-bond donors (Lipinski definition) is 3. The first-order chi connectivity index (χ1) is 11.6. The second-order valence-corrected chi connectivity index (χ2v) is 5.56. The Balaban J connectivity index is 1.80. The van der Waals surface area contributed by atoms with E-state index < -0.39 is 6.35 Å². The Morgan fingerprint density at radius 2 is 1.88 bits per heavy atom. The van der Waals surface area contributed by atoms with Crippen LogP contribution in [-0.2, 0) is 17.9 Å². The summed E-state index contributed by atoms with van der Waals surface area (Å²) in [7, 11) is 0. The average molecular weight is 328 g/mol. The highest BCUT2D eigenvalue weighted by atomic mass is 16.5. The summed E-state index contributed by atoms with van der Waals surface area (Å²) in [6.07, 6.45) is -0.708. The Hall–Kier alpha value is -2.37. The fraction of sp³-hybridized carbons (Fsp3) is 0.316. The molecular formula is C19H24N2O3. The van der Waals surface area contributed by atoms with Gasteiger partial charge in [0.2, 0.25) is 5.91 Å². The van der Waals surface area contributed by atoms with Crippen molar-refractivity contribution in [1.29, 1.82) is 0 Å². The van der Waals surface area contributed by atoms with Crippen molar-refractivity contribution in [2.24, 2.45) is 0 Å². The first-order valence-electron chi connectivity index (χ1n) is 8.05. The number of aliphatic hydroxyl groups is 1. The van der Waals surface area contributed by atoms with E-state index in [1.54, 1.807) is 6.92 Å². The van der Waals surface area contributed by atoms with E-state index in [4.69, 9.17) is 4.74 Å². The van der Waals surface area contributed by atoms with Crippen LogP contribution in [0.25, 0.3) is 0 Å². The zero-order chi connectivity index (χ0) is 17.4. The second-order valence-electron chi connectivity index (χ2n) is 5.56. The molecule has 5 nitrogen and oxygen atoms in total. The molecular weight excluding hydrogens is 304 g/mol. The summed E-state index contributed by atoms with van der Waals surface area (Å²) in [5.41, 5.74) is 3.36. The van der Waals surface area contributed by atoms with Crippen LogP contribution in [0.4, 0.5) is 0 Å². The van der Waals surface area contributed by atoms with Crippen molar-refractivity contribution in [1.82, 2.24) is 10.6 Å². The zero-order valence-corrected chi connectivity index (χ0v) is 14.1. The normalized spacial score (nSPS) is 11.8. The van der Waals surface area contributed by atoms with Crippen LogP contribution < -0.4 is 15.4 Å². The Morgan fingerprint density at radius 1 is 1.17 bits per heavy atom. The lowest BCUT2D eigenvalue weighted by Gasteiger charge is -2.14. The van der Waals surface area contributed by atoms with Crippen LogP contribution in [-0.4, -0.2) is 17.4 Å². The fourth-order valence-electron chi connectivity index (χ4n) is 2.16. The molecule has 0 heterocycles. The molecule has 24 heavy (non-hydrogen) atoms. The maximum Gasteiger partial charge on any atom is 0.222 e. The Morgan fingerprint density at radius 3 is 2.54 bits per heavy atom. The Kier molecular flexibility index (Phi) is 6.78. The van der Waals surface area contributed by atoms with Crippen LogP contribution in [0.5, 0.6) is 5.75 Å². The Labute approximate surface area is 142 Å². The van der Waals surface area contributed by atoms with Gasteiger partial charge in [0.05, 0.1) is 0 Å². The van der Waals surface area contributed by atoms with Gasteiger partial charge in [-0.25, -0.2) is 0 Å². The highest BCUT2D eigenvalue weighted by Crippen LogP contribution is 2.15. The van der Waals surface area contributed by atoms with Gasteiger partial charge in [-0.2, -0.15) is 0 Å². The molecule has 2 aromatic rings. The number of nitrogens with one attached hydrogen (secondary N) is 2. The van der Waals surface area contributed by atoms with E-state index in [2.05, 4.69) is 29.7 Å². The standard InChI is InChI=1S/C19H24N2O3/c1-3-18(22)21-19(23)20-12-15-8-10-17(11-9-15)24-13-16-7-5-4-6-14(16)2/h4-11,19-20,23H,3,12-13H2,1-2H3,(H,21,22)/t19-/m0/s1. The summed E-state index contributed by atoms with van der Waals surface area (Å²) in [6.45, 7) is 4.78. The van der Waals surface area contributed by atoms with Gasteiger partial charge in [0.25, 0.3) is 0 Å². The number of aliphatic hydroxyl groups excluding tert-OH is 1. The molecule has 1 atom stereocenters. The summed E-state index contributed by atoms with van der Waals surface area (Å²) >= 11 is 0. The van der Waals surface area contributed by atoms with Crippen LogP contribution in [0.2, 0.25) is 0 Å². The highest BCUT2D eigenvalue weighted by molar-refractivity contribution is 5.75. The highest BCUT2D eigenvalue weighted by Gasteiger charge is 2.06. The molecule has 3 N–H and O–H groups in total. The van der Waals surface area contributed by atoms with Gasteiger partial charge < -0.3 is 15.2 Å². The summed E-state index contributed by atoms with van der Waals surface area (Å²) < 4.78 is 5.79. The topological polar surface area (TPSA) is 70.6 Å². The van der Waals surface area contributed by atoms with Crippen LogP contribution in [0.15, 0.2) is 48.5 Å². The molecule has 0 aliphatic heterocycles. The van der Waals surface area contributed by atoms with Gasteiger partial charge >= 0.3 is 0 Å². The lowest BCUT2D eigenvalue weighted by Crippen LogP contribution is -2.44. The SMILES string of the molecule is CCC(=O)N[C@@H](O)NCc1ccc(OCc2ccccc2C)cc1. The van der Waals surface area contributed by atoms with Crippen molar-refractivity contribution in [3.05, 3.63) is 65.2 Å². The molecule has 0 saturated heterocycles. The maximum absolute atomic E-state index is 11.2. The molecule has 0 fully saturated rings. The second kappa shape index (κ2) is 9.05. The zero-order valence-electron chi connectivity index (χ0n) is 14.1. The van der Waals surface area contributed by atoms with E-state index in [1.807, 2.05) is 36.4 Å². The van der Waals surface area contributed by atoms with Crippen molar-refractivity contribution >= 4 is 5.91 Å². The number of rotatable bonds is 8. The largest absolute Gasteiger partial charge is 0.489 e. The van der Waals surface area contributed by atoms with Crippen molar-refractivity contribution in [3.8, 4) is 5.75 Å². The summed E-state index contributed by atoms with van der Waals surface area (Å²) in [6, 6.07) is 15.8. The number of carbonyl (C=O) groups excluding carboxylic acids is 1. The van der Waals surface area contributed by atoms with E-state index in [9.17, 15) is 9.90 Å². The first-order valence-corrected chi connectivity index (χ1v) is 8.05. The van der Waals surface area contributed by atoms with Crippen LogP contribution >= 0.6 is 0 Å². The van der Waals surface area contributed by atoms with Gasteiger partial charge in [0.15, 0.2) is 6.35 Å². The van der Waals surface area contributed by atoms with E-state index >= 15 is 0 Å². The maximum atomic E-state index is 11.2. The molecule has 5 heteroatoms. The quantitative estimate of drug-likeness (QED) is 0.651. The Bertz CT molecular complexity index is 656. The molecule has 0 bridgehead atoms. The lowest BCUT2D eigenvalue weighted by molar-refractivity contribution is -0.124. The number of carbonyl (C=O) groups is 1. The molecule has 0 spiro atoms. The first kappa shape index (κ1) is 18.0. The lowest BCUT2D eigenvalue weighted by atomic mass is 10.1. The van der Waals surface area contributed by atoms with Gasteiger partial charge in [0, 0.05) is 13.0 Å². The predicted molar refractivity (Wildman–Crippen MR) is 93.2 cm³/mol. The average Bonchev–Trinajstić information content (AvgIpc) is 2.60. The number of benzene rings is 2. The molecule has 0 aromatic heterocycles. The van der Waals surface area contributed by atoms with Crippen molar-refractivity contribution < 1.29 is 14.6 Å². The van der Waals surface area contributed by atoms with Gasteiger partial charge in [-0.1, -0.05) is 43.3 Å². The summed E-state index contributed by atoms with van der Waals surface area (Å²) in [5, 5.41) is 14.9. The van der Waals surface area contributed by atoms with Crippen LogP contribution in [0.1, 0.15) is 30.0 Å². The molecule has 2 rings (SSSR count). The minimum atomic E-state index is -1.05. The van der Waals surface area contributed by atoms with Crippen molar-refractivity contribution in [2.45, 2.75) is 39.8 Å². The molecule has 1 amide bonds. The van der Waals surface area contributed by atoms with Gasteiger partial charge in [-0.05, 0) is 35.7 Å². The van der Waals surface area contributed by atoms with E-state index in [-0.39, 0.29) is 5.91 Å². The van der Waals surface area contributed by atoms with Gasteiger partial charge in [0.1, 0.15) is 12.4 Å². The number of hydrogen-bond acceptors (Lipinski definition) is 4. The molecule has 128 valence electrons. The molecule has 0 aliphatic rings. The van der Waals surface area contributed by atoms with E-state index in [0.717, 1.165) is 16.9 Å². The molecule has 0 aliphatic carbocycles. The van der Waals surface area contributed by atoms with Crippen molar-refractivity contribution in [3.63, 3.8) is 0 Å². The molecule has 2 aromatic carbocycles. The van der Waals surface area contributed by atoms with E-state index in [1.165, 1.54) is 5.56 Å². The number of amides is 1. The third kappa shape index (κ3) is 5.68. The third-order valence-electron chi connectivity index (χ3n) is 3.70. The summed E-state index contributed by atoms with van der Waals surface area (Å²) in [5.74, 6) is 0.594. The van der Waals surface area contributed by atoms with Gasteiger partial charge in [-0.3, -0.25) is 10.1 Å². The van der Waals surface area contributed by atoms with Crippen LogP contribution in [0, 0.1) is 6.92 Å². The van der Waals surface area contributed by atoms with Gasteiger partial charge in [-0.15, -0.1) is 0 Å². The minimum absolute atomic E-state index is 0.199. The molecule has 0 unspecified atom stereocenters. The minimum Gasteiger partial charge on any atom is -0.489 e. The predicted octanol–water partition coefficient (Wildman–Crippen LogP) is 2.47. The fourth-order valence-corrected chi connectivity index (χ4v) is 2.16. The monoisotopic (exact) mass is 328 g/mol. The van der Waals surface area contributed by atoms with Crippen LogP contribution in [0.3, 0.4) is 0 Å².